The van der Waals surface area contributed by atoms with Crippen molar-refractivity contribution >= 4 is 23.4 Å². The van der Waals surface area contributed by atoms with Crippen LogP contribution in [0.25, 0.3) is 0 Å². The highest BCUT2D eigenvalue weighted by Gasteiger charge is 2.20. The summed E-state index contributed by atoms with van der Waals surface area (Å²) in [5.74, 6) is 1.51. The van der Waals surface area contributed by atoms with E-state index in [-0.39, 0.29) is 11.9 Å². The second kappa shape index (κ2) is 9.26. The summed E-state index contributed by atoms with van der Waals surface area (Å²) < 4.78 is 22.0. The van der Waals surface area contributed by atoms with Crippen LogP contribution in [-0.2, 0) is 12.3 Å². The molecule has 2 aromatic carbocycles. The Morgan fingerprint density at radius 2 is 2.04 bits per heavy atom. The van der Waals surface area contributed by atoms with E-state index in [2.05, 4.69) is 16.8 Å². The van der Waals surface area contributed by atoms with Crippen LogP contribution in [0.1, 0.15) is 30.0 Å². The molecular weight excluding hydrogens is 397 g/mol. The molecule has 0 saturated heterocycles. The maximum absolute atomic E-state index is 14.0. The van der Waals surface area contributed by atoms with Gasteiger partial charge in [-0.25, -0.2) is 4.39 Å². The van der Waals surface area contributed by atoms with E-state index in [1.807, 2.05) is 42.7 Å². The third-order valence-electron chi connectivity index (χ3n) is 4.23. The molecular formula is C21H21ClFN3OS. The van der Waals surface area contributed by atoms with E-state index in [0.717, 1.165) is 11.3 Å². The van der Waals surface area contributed by atoms with Crippen molar-refractivity contribution in [1.82, 2.24) is 14.8 Å². The fraction of sp³-hybridized carbons (Fsp3) is 0.238. The van der Waals surface area contributed by atoms with Crippen LogP contribution in [0, 0.1) is 12.7 Å². The normalized spacial score (nSPS) is 12.0. The van der Waals surface area contributed by atoms with Crippen LogP contribution in [0.5, 0.6) is 5.75 Å². The summed E-state index contributed by atoms with van der Waals surface area (Å²) in [6.07, 6.45) is 1.47. The van der Waals surface area contributed by atoms with Gasteiger partial charge >= 0.3 is 0 Å². The van der Waals surface area contributed by atoms with Gasteiger partial charge in [-0.05, 0) is 37.6 Å². The van der Waals surface area contributed by atoms with Crippen LogP contribution in [0.4, 0.5) is 4.39 Å². The number of hydrogen-bond acceptors (Lipinski definition) is 4. The highest BCUT2D eigenvalue weighted by atomic mass is 35.5. The van der Waals surface area contributed by atoms with Crippen molar-refractivity contribution in [3.05, 3.63) is 82.9 Å². The summed E-state index contributed by atoms with van der Waals surface area (Å²) in [5.41, 5.74) is 1.50. The van der Waals surface area contributed by atoms with Crippen molar-refractivity contribution in [3.63, 3.8) is 0 Å². The van der Waals surface area contributed by atoms with E-state index in [1.54, 1.807) is 18.2 Å². The van der Waals surface area contributed by atoms with Crippen LogP contribution in [0.15, 0.2) is 60.3 Å². The lowest BCUT2D eigenvalue weighted by Gasteiger charge is -2.17. The smallest absolute Gasteiger partial charge is 0.191 e. The second-order valence-electron chi connectivity index (χ2n) is 6.25. The molecule has 3 rings (SSSR count). The number of ether oxygens (including phenoxy) is 1. The minimum Gasteiger partial charge on any atom is -0.482 e. The van der Waals surface area contributed by atoms with Crippen molar-refractivity contribution in [2.45, 2.75) is 37.4 Å². The SMILES string of the molecule is C=CCn1c(SCc2c(F)cccc2Cl)nnc1C(C)Oc1ccccc1C. The lowest BCUT2D eigenvalue weighted by molar-refractivity contribution is 0.209. The molecule has 28 heavy (non-hydrogen) atoms. The number of halogens is 2. The lowest BCUT2D eigenvalue weighted by Crippen LogP contribution is -2.12. The van der Waals surface area contributed by atoms with Gasteiger partial charge in [0.2, 0.25) is 0 Å². The molecule has 3 aromatic rings. The molecule has 0 radical (unpaired) electrons. The van der Waals surface area contributed by atoms with Gasteiger partial charge in [0, 0.05) is 22.9 Å². The Bertz CT molecular complexity index is 956. The van der Waals surface area contributed by atoms with E-state index >= 15 is 0 Å². The van der Waals surface area contributed by atoms with Gasteiger partial charge in [-0.15, -0.1) is 16.8 Å². The zero-order valence-electron chi connectivity index (χ0n) is 15.7. The first-order valence-corrected chi connectivity index (χ1v) is 10.2. The molecule has 1 aromatic heterocycles. The van der Waals surface area contributed by atoms with Crippen LogP contribution < -0.4 is 4.74 Å². The topological polar surface area (TPSA) is 39.9 Å². The highest BCUT2D eigenvalue weighted by molar-refractivity contribution is 7.98. The summed E-state index contributed by atoms with van der Waals surface area (Å²) in [4.78, 5) is 0. The molecule has 4 nitrogen and oxygen atoms in total. The van der Waals surface area contributed by atoms with Crippen LogP contribution in [-0.4, -0.2) is 14.8 Å². The quantitative estimate of drug-likeness (QED) is 0.333. The molecule has 1 heterocycles. The maximum atomic E-state index is 14.0. The number of para-hydroxylation sites is 1. The average molecular weight is 418 g/mol. The van der Waals surface area contributed by atoms with Gasteiger partial charge < -0.3 is 4.74 Å². The Morgan fingerprint density at radius 3 is 2.75 bits per heavy atom. The molecule has 146 valence electrons. The number of thioether (sulfide) groups is 1. The number of aromatic nitrogens is 3. The molecule has 0 fully saturated rings. The van der Waals surface area contributed by atoms with Crippen molar-refractivity contribution in [2.75, 3.05) is 0 Å². The fourth-order valence-corrected chi connectivity index (χ4v) is 4.05. The molecule has 1 atom stereocenters. The Balaban J connectivity index is 1.81. The Kier molecular flexibility index (Phi) is 6.75. The Labute approximate surface area is 173 Å². The van der Waals surface area contributed by atoms with Crippen LogP contribution in [0.2, 0.25) is 5.02 Å². The van der Waals surface area contributed by atoms with E-state index in [4.69, 9.17) is 16.3 Å². The summed E-state index contributed by atoms with van der Waals surface area (Å²) in [5, 5.41) is 9.65. The molecule has 7 heteroatoms. The van der Waals surface area contributed by atoms with Crippen molar-refractivity contribution < 1.29 is 9.13 Å². The van der Waals surface area contributed by atoms with Crippen LogP contribution >= 0.6 is 23.4 Å². The molecule has 1 unspecified atom stereocenters. The molecule has 0 N–H and O–H groups in total. The van der Waals surface area contributed by atoms with Gasteiger partial charge in [0.05, 0.1) is 0 Å². The first kappa shape index (κ1) is 20.4. The molecule has 0 spiro atoms. The minimum absolute atomic E-state index is 0.306. The predicted octanol–water partition coefficient (Wildman–Crippen LogP) is 6.00. The zero-order valence-corrected chi connectivity index (χ0v) is 17.3. The summed E-state index contributed by atoms with van der Waals surface area (Å²) in [6, 6.07) is 12.5. The van der Waals surface area contributed by atoms with Crippen molar-refractivity contribution in [2.24, 2.45) is 0 Å². The van der Waals surface area contributed by atoms with Crippen molar-refractivity contribution in [3.8, 4) is 5.75 Å². The van der Waals surface area contributed by atoms with E-state index < -0.39 is 0 Å². The van der Waals surface area contributed by atoms with Gasteiger partial charge in [0.15, 0.2) is 17.1 Å². The number of rotatable bonds is 8. The number of nitrogens with zero attached hydrogens (tertiary/aromatic N) is 3. The Morgan fingerprint density at radius 1 is 1.25 bits per heavy atom. The van der Waals surface area contributed by atoms with Gasteiger partial charge in [-0.1, -0.05) is 53.7 Å². The number of aryl methyl sites for hydroxylation is 1. The molecule has 0 saturated carbocycles. The predicted molar refractivity (Wildman–Crippen MR) is 111 cm³/mol. The number of hydrogen-bond donors (Lipinski definition) is 0. The second-order valence-corrected chi connectivity index (χ2v) is 7.60. The molecule has 0 amide bonds. The monoisotopic (exact) mass is 417 g/mol. The van der Waals surface area contributed by atoms with Crippen LogP contribution in [0.3, 0.4) is 0 Å². The van der Waals surface area contributed by atoms with Gasteiger partial charge in [0.25, 0.3) is 0 Å². The summed E-state index contributed by atoms with van der Waals surface area (Å²) in [6.45, 7) is 8.26. The molecule has 0 bridgehead atoms. The third kappa shape index (κ3) is 4.56. The lowest BCUT2D eigenvalue weighted by atomic mass is 10.2. The highest BCUT2D eigenvalue weighted by Crippen LogP contribution is 2.30. The van der Waals surface area contributed by atoms with Gasteiger partial charge in [-0.3, -0.25) is 4.57 Å². The van der Waals surface area contributed by atoms with Crippen molar-refractivity contribution in [1.29, 1.82) is 0 Å². The van der Waals surface area contributed by atoms with Gasteiger partial charge in [-0.2, -0.15) is 0 Å². The first-order valence-electron chi connectivity index (χ1n) is 8.83. The molecule has 0 aliphatic carbocycles. The Hall–Kier alpha value is -2.31. The largest absolute Gasteiger partial charge is 0.482 e. The summed E-state index contributed by atoms with van der Waals surface area (Å²) in [7, 11) is 0. The maximum Gasteiger partial charge on any atom is 0.191 e. The standard InChI is InChI=1S/C21H21ClFN3OS/c1-4-12-26-20(15(3)27-19-11-6-5-8-14(19)2)24-25-21(26)28-13-16-17(22)9-7-10-18(16)23/h4-11,15H,1,12-13H2,2-3H3. The van der Waals surface area contributed by atoms with E-state index in [0.29, 0.717) is 33.9 Å². The minimum atomic E-state index is -0.328. The average Bonchev–Trinajstić information content (AvgIpc) is 3.06. The third-order valence-corrected chi connectivity index (χ3v) is 5.57. The molecule has 0 aliphatic heterocycles. The van der Waals surface area contributed by atoms with Gasteiger partial charge in [0.1, 0.15) is 11.6 Å². The van der Waals surface area contributed by atoms with E-state index in [9.17, 15) is 4.39 Å². The number of benzene rings is 2. The molecule has 0 aliphatic rings. The first-order chi connectivity index (χ1) is 13.5. The fourth-order valence-electron chi connectivity index (χ4n) is 2.75. The number of allylic oxidation sites excluding steroid dienone is 1. The summed E-state index contributed by atoms with van der Waals surface area (Å²) >= 11 is 7.50. The zero-order chi connectivity index (χ0) is 20.1. The van der Waals surface area contributed by atoms with E-state index in [1.165, 1.54) is 17.8 Å².